The molecule has 0 unspecified atom stereocenters. The van der Waals surface area contributed by atoms with Crippen LogP contribution < -0.4 is 5.32 Å². The average molecular weight is 510 g/mol. The number of amides is 1. The van der Waals surface area contributed by atoms with Crippen LogP contribution in [0.3, 0.4) is 0 Å². The van der Waals surface area contributed by atoms with E-state index in [2.05, 4.69) is 10.3 Å². The van der Waals surface area contributed by atoms with Crippen molar-refractivity contribution in [3.8, 4) is 16.9 Å². The predicted molar refractivity (Wildman–Crippen MR) is 129 cm³/mol. The second kappa shape index (κ2) is 10.3. The van der Waals surface area contributed by atoms with Gasteiger partial charge in [-0.1, -0.05) is 30.3 Å². The molecule has 0 spiro atoms. The highest BCUT2D eigenvalue weighted by molar-refractivity contribution is 6.06. The number of alkyl halides is 3. The molecule has 4 rings (SSSR count). The molecule has 0 bridgehead atoms. The number of phenolic OH excluding ortho intramolecular Hbond substituents is 1. The summed E-state index contributed by atoms with van der Waals surface area (Å²) in [6, 6.07) is 15.6. The van der Waals surface area contributed by atoms with Crippen LogP contribution >= 0.6 is 0 Å². The number of nitrogens with zero attached hydrogens (tertiary/aromatic N) is 1. The molecule has 1 amide bonds. The molecule has 0 radical (unpaired) electrons. The van der Waals surface area contributed by atoms with Gasteiger partial charge in [0.1, 0.15) is 11.4 Å². The van der Waals surface area contributed by atoms with Gasteiger partial charge < -0.3 is 20.6 Å². The lowest BCUT2D eigenvalue weighted by atomic mass is 9.98. The van der Waals surface area contributed by atoms with E-state index in [1.807, 2.05) is 0 Å². The smallest absolute Gasteiger partial charge is 0.416 e. The SMILES string of the molecule is O=C(N[C@H](CO)Cc1ccc(O)cc1)c1cc(C(=O)O)c2cc(-c3cccc(C(F)(F)F)c3)ccc2n1. The third kappa shape index (κ3) is 5.87. The summed E-state index contributed by atoms with van der Waals surface area (Å²) >= 11 is 0. The lowest BCUT2D eigenvalue weighted by Crippen LogP contribution is -2.39. The summed E-state index contributed by atoms with van der Waals surface area (Å²) in [6.07, 6.45) is -4.28. The highest BCUT2D eigenvalue weighted by Crippen LogP contribution is 2.33. The topological polar surface area (TPSA) is 120 Å². The highest BCUT2D eigenvalue weighted by Gasteiger charge is 2.30. The highest BCUT2D eigenvalue weighted by atomic mass is 19.4. The number of rotatable bonds is 7. The number of phenols is 1. The number of hydrogen-bond acceptors (Lipinski definition) is 5. The van der Waals surface area contributed by atoms with Crippen molar-refractivity contribution in [3.05, 3.63) is 95.2 Å². The number of fused-ring (bicyclic) bond motifs is 1. The van der Waals surface area contributed by atoms with E-state index in [0.717, 1.165) is 23.8 Å². The number of nitrogens with one attached hydrogen (secondary N) is 1. The van der Waals surface area contributed by atoms with Gasteiger partial charge in [0.05, 0.1) is 29.3 Å². The summed E-state index contributed by atoms with van der Waals surface area (Å²) in [6.45, 7) is -0.396. The summed E-state index contributed by atoms with van der Waals surface area (Å²) in [5.74, 6) is -1.97. The summed E-state index contributed by atoms with van der Waals surface area (Å²) in [7, 11) is 0. The van der Waals surface area contributed by atoms with Gasteiger partial charge in [0.2, 0.25) is 0 Å². The van der Waals surface area contributed by atoms with Crippen LogP contribution in [0.25, 0.3) is 22.0 Å². The zero-order valence-corrected chi connectivity index (χ0v) is 19.2. The molecule has 1 atom stereocenters. The molecule has 4 aromatic rings. The van der Waals surface area contributed by atoms with Crippen LogP contribution in [0.5, 0.6) is 5.75 Å². The molecule has 0 aliphatic carbocycles. The van der Waals surface area contributed by atoms with Gasteiger partial charge in [-0.05, 0) is 65.6 Å². The number of aromatic carboxylic acids is 1. The van der Waals surface area contributed by atoms with Crippen molar-refractivity contribution in [1.82, 2.24) is 10.3 Å². The largest absolute Gasteiger partial charge is 0.508 e. The maximum Gasteiger partial charge on any atom is 0.416 e. The van der Waals surface area contributed by atoms with Gasteiger partial charge in [-0.15, -0.1) is 0 Å². The molecule has 0 aliphatic rings. The second-order valence-corrected chi connectivity index (χ2v) is 8.39. The number of aliphatic hydroxyl groups is 1. The predicted octanol–water partition coefficient (Wildman–Crippen LogP) is 4.66. The Labute approximate surface area is 208 Å². The van der Waals surface area contributed by atoms with Crippen LogP contribution in [0.4, 0.5) is 13.2 Å². The first-order chi connectivity index (χ1) is 17.5. The van der Waals surface area contributed by atoms with Gasteiger partial charge >= 0.3 is 12.1 Å². The van der Waals surface area contributed by atoms with Gasteiger partial charge in [0, 0.05) is 5.39 Å². The fourth-order valence-electron chi connectivity index (χ4n) is 3.91. The number of carbonyl (C=O) groups excluding carboxylic acids is 1. The molecule has 0 fully saturated rings. The zero-order chi connectivity index (χ0) is 26.7. The minimum atomic E-state index is -4.53. The van der Waals surface area contributed by atoms with E-state index in [0.29, 0.717) is 5.56 Å². The molecule has 190 valence electrons. The maximum atomic E-state index is 13.1. The van der Waals surface area contributed by atoms with Crippen LogP contribution in [0.15, 0.2) is 72.8 Å². The third-order valence-corrected chi connectivity index (χ3v) is 5.77. The number of aliphatic hydroxyl groups excluding tert-OH is 1. The molecule has 0 saturated heterocycles. The molecular formula is C27H21F3N2O5. The van der Waals surface area contributed by atoms with Crippen molar-refractivity contribution in [3.63, 3.8) is 0 Å². The van der Waals surface area contributed by atoms with E-state index in [-0.39, 0.29) is 39.9 Å². The monoisotopic (exact) mass is 510 g/mol. The first-order valence-electron chi connectivity index (χ1n) is 11.1. The number of halogens is 3. The lowest BCUT2D eigenvalue weighted by Gasteiger charge is -2.17. The fraction of sp³-hybridized carbons (Fsp3) is 0.148. The molecule has 0 saturated carbocycles. The van der Waals surface area contributed by atoms with Gasteiger partial charge in [0.25, 0.3) is 5.91 Å². The number of carboxylic acid groups (broad SMARTS) is 1. The van der Waals surface area contributed by atoms with Crippen molar-refractivity contribution in [2.24, 2.45) is 0 Å². The normalized spacial score (nSPS) is 12.3. The van der Waals surface area contributed by atoms with Crippen LogP contribution in [-0.2, 0) is 12.6 Å². The van der Waals surface area contributed by atoms with Gasteiger partial charge in [-0.2, -0.15) is 13.2 Å². The van der Waals surface area contributed by atoms with Gasteiger partial charge in [-0.3, -0.25) is 4.79 Å². The van der Waals surface area contributed by atoms with E-state index >= 15 is 0 Å². The van der Waals surface area contributed by atoms with Gasteiger partial charge in [0.15, 0.2) is 0 Å². The fourth-order valence-corrected chi connectivity index (χ4v) is 3.91. The number of aromatic hydroxyl groups is 1. The number of aromatic nitrogens is 1. The van der Waals surface area contributed by atoms with Crippen molar-refractivity contribution in [1.29, 1.82) is 0 Å². The van der Waals surface area contributed by atoms with Crippen molar-refractivity contribution >= 4 is 22.8 Å². The molecule has 3 aromatic carbocycles. The summed E-state index contributed by atoms with van der Waals surface area (Å²) in [4.78, 5) is 29.1. The number of carboxylic acids is 1. The minimum Gasteiger partial charge on any atom is -0.508 e. The van der Waals surface area contributed by atoms with Crippen LogP contribution in [0.1, 0.15) is 32.0 Å². The Morgan fingerprint density at radius 3 is 2.30 bits per heavy atom. The number of hydrogen-bond donors (Lipinski definition) is 4. The Morgan fingerprint density at radius 1 is 0.946 bits per heavy atom. The Morgan fingerprint density at radius 2 is 1.65 bits per heavy atom. The molecule has 1 aromatic heterocycles. The average Bonchev–Trinajstić information content (AvgIpc) is 2.88. The Kier molecular flexibility index (Phi) is 7.12. The number of benzene rings is 3. The third-order valence-electron chi connectivity index (χ3n) is 5.77. The van der Waals surface area contributed by atoms with Crippen molar-refractivity contribution in [2.45, 2.75) is 18.6 Å². The first-order valence-corrected chi connectivity index (χ1v) is 11.1. The van der Waals surface area contributed by atoms with Crippen LogP contribution in [0.2, 0.25) is 0 Å². The molecular weight excluding hydrogens is 489 g/mol. The number of carbonyl (C=O) groups is 2. The molecule has 37 heavy (non-hydrogen) atoms. The minimum absolute atomic E-state index is 0.0751. The molecule has 7 nitrogen and oxygen atoms in total. The molecule has 4 N–H and O–H groups in total. The van der Waals surface area contributed by atoms with Crippen LogP contribution in [-0.4, -0.2) is 44.8 Å². The Hall–Kier alpha value is -4.44. The summed E-state index contributed by atoms with van der Waals surface area (Å²) < 4.78 is 39.4. The summed E-state index contributed by atoms with van der Waals surface area (Å²) in [5.41, 5.74) is 0.240. The zero-order valence-electron chi connectivity index (χ0n) is 19.2. The van der Waals surface area contributed by atoms with E-state index in [4.69, 9.17) is 0 Å². The van der Waals surface area contributed by atoms with Gasteiger partial charge in [-0.25, -0.2) is 9.78 Å². The second-order valence-electron chi connectivity index (χ2n) is 8.39. The van der Waals surface area contributed by atoms with E-state index < -0.39 is 36.3 Å². The van der Waals surface area contributed by atoms with Crippen molar-refractivity contribution < 1.29 is 38.1 Å². The summed E-state index contributed by atoms with van der Waals surface area (Å²) in [5, 5.41) is 31.7. The Bertz CT molecular complexity index is 1470. The molecule has 10 heteroatoms. The number of pyridine rings is 1. The van der Waals surface area contributed by atoms with E-state index in [9.17, 15) is 38.1 Å². The quantitative estimate of drug-likeness (QED) is 0.287. The lowest BCUT2D eigenvalue weighted by molar-refractivity contribution is -0.137. The molecule has 0 aliphatic heterocycles. The van der Waals surface area contributed by atoms with Crippen LogP contribution in [0, 0.1) is 0 Å². The maximum absolute atomic E-state index is 13.1. The molecule has 1 heterocycles. The first kappa shape index (κ1) is 25.6. The Balaban J connectivity index is 1.65. The van der Waals surface area contributed by atoms with Crippen molar-refractivity contribution in [2.75, 3.05) is 6.61 Å². The van der Waals surface area contributed by atoms with E-state index in [1.54, 1.807) is 12.1 Å². The van der Waals surface area contributed by atoms with E-state index in [1.165, 1.54) is 42.5 Å². The standard InChI is InChI=1S/C27H21F3N2O5/c28-27(29,30)18-3-1-2-16(11-18)17-6-9-23-21(12-17)22(26(36)37)13-24(32-23)25(35)31-19(14-33)10-15-4-7-20(34)8-5-15/h1-9,11-13,19,33-34H,10,14H2,(H,31,35)(H,36,37)/t19-/m0/s1.